The second kappa shape index (κ2) is 7.98. The highest BCUT2D eigenvalue weighted by Crippen LogP contribution is 2.26. The van der Waals surface area contributed by atoms with Crippen molar-refractivity contribution in [1.29, 1.82) is 0 Å². The van der Waals surface area contributed by atoms with Crippen molar-refractivity contribution in [2.75, 3.05) is 32.7 Å². The number of rotatable bonds is 7. The molecule has 0 radical (unpaired) electrons. The summed E-state index contributed by atoms with van der Waals surface area (Å²) >= 11 is 0. The predicted molar refractivity (Wildman–Crippen MR) is 92.7 cm³/mol. The number of nitrogens with one attached hydrogen (secondary N) is 2. The van der Waals surface area contributed by atoms with E-state index >= 15 is 0 Å². The van der Waals surface area contributed by atoms with Crippen molar-refractivity contribution in [2.24, 2.45) is 5.92 Å². The van der Waals surface area contributed by atoms with Gasteiger partial charge >= 0.3 is 0 Å². The van der Waals surface area contributed by atoms with Crippen LogP contribution in [0.15, 0.2) is 24.4 Å². The van der Waals surface area contributed by atoms with Crippen LogP contribution in [0, 0.1) is 5.92 Å². The summed E-state index contributed by atoms with van der Waals surface area (Å²) in [5.41, 5.74) is 2.19. The number of benzene rings is 1. The fourth-order valence-electron chi connectivity index (χ4n) is 2.81. The molecule has 2 heterocycles. The van der Waals surface area contributed by atoms with Gasteiger partial charge in [0.15, 0.2) is 0 Å². The van der Waals surface area contributed by atoms with Crippen LogP contribution >= 0.6 is 0 Å². The van der Waals surface area contributed by atoms with Crippen LogP contribution in [-0.2, 0) is 17.8 Å². The topological polar surface area (TPSA) is 90.3 Å². The fraction of sp³-hybridized carbons (Fsp3) is 0.471. The first-order valence-corrected chi connectivity index (χ1v) is 8.30. The number of carbonyl (C=O) groups excluding carboxylic acids is 1. The molecule has 8 nitrogen and oxygen atoms in total. The lowest BCUT2D eigenvalue weighted by Gasteiger charge is -2.11. The van der Waals surface area contributed by atoms with E-state index in [-0.39, 0.29) is 5.91 Å². The van der Waals surface area contributed by atoms with E-state index in [9.17, 15) is 4.79 Å². The van der Waals surface area contributed by atoms with Crippen LogP contribution in [-0.4, -0.2) is 48.3 Å². The Morgan fingerprint density at radius 1 is 1.48 bits per heavy atom. The Labute approximate surface area is 146 Å². The molecule has 0 saturated carbocycles. The first-order chi connectivity index (χ1) is 12.2. The molecule has 25 heavy (non-hydrogen) atoms. The van der Waals surface area contributed by atoms with Crippen molar-refractivity contribution in [2.45, 2.75) is 19.5 Å². The SMILES string of the molecule is CNC(=O)c1ccc(NCc2cn(CC3CCOC3)nn2)c(OC)c1. The molecule has 1 saturated heterocycles. The summed E-state index contributed by atoms with van der Waals surface area (Å²) in [5, 5.41) is 14.2. The van der Waals surface area contributed by atoms with Crippen LogP contribution in [0.4, 0.5) is 5.69 Å². The summed E-state index contributed by atoms with van der Waals surface area (Å²) in [6, 6.07) is 5.28. The normalized spacial score (nSPS) is 16.6. The zero-order chi connectivity index (χ0) is 17.6. The van der Waals surface area contributed by atoms with Gasteiger partial charge < -0.3 is 20.1 Å². The van der Waals surface area contributed by atoms with E-state index in [4.69, 9.17) is 9.47 Å². The largest absolute Gasteiger partial charge is 0.495 e. The number of carbonyl (C=O) groups is 1. The molecule has 1 atom stereocenters. The quantitative estimate of drug-likeness (QED) is 0.786. The standard InChI is InChI=1S/C17H23N5O3/c1-18-17(23)13-3-4-15(16(7-13)24-2)19-8-14-10-22(21-20-14)9-12-5-6-25-11-12/h3-4,7,10,12,19H,5-6,8-9,11H2,1-2H3,(H,18,23). The van der Waals surface area contributed by atoms with Gasteiger partial charge in [-0.15, -0.1) is 5.10 Å². The maximum atomic E-state index is 11.7. The van der Waals surface area contributed by atoms with E-state index in [2.05, 4.69) is 20.9 Å². The van der Waals surface area contributed by atoms with Gasteiger partial charge in [0, 0.05) is 31.7 Å². The molecular formula is C17H23N5O3. The van der Waals surface area contributed by atoms with E-state index in [1.807, 2.05) is 16.9 Å². The van der Waals surface area contributed by atoms with Crippen LogP contribution < -0.4 is 15.4 Å². The van der Waals surface area contributed by atoms with Crippen LogP contribution in [0.25, 0.3) is 0 Å². The fourth-order valence-corrected chi connectivity index (χ4v) is 2.81. The molecule has 134 valence electrons. The molecule has 0 bridgehead atoms. The van der Waals surface area contributed by atoms with E-state index < -0.39 is 0 Å². The second-order valence-corrected chi connectivity index (χ2v) is 6.01. The molecular weight excluding hydrogens is 322 g/mol. The van der Waals surface area contributed by atoms with Crippen LogP contribution in [0.2, 0.25) is 0 Å². The van der Waals surface area contributed by atoms with E-state index in [1.54, 1.807) is 26.3 Å². The molecule has 1 aromatic carbocycles. The van der Waals surface area contributed by atoms with Gasteiger partial charge in [0.25, 0.3) is 5.91 Å². The van der Waals surface area contributed by atoms with Crippen molar-refractivity contribution in [3.05, 3.63) is 35.7 Å². The highest BCUT2D eigenvalue weighted by molar-refractivity contribution is 5.95. The van der Waals surface area contributed by atoms with Crippen LogP contribution in [0.1, 0.15) is 22.5 Å². The maximum Gasteiger partial charge on any atom is 0.251 e. The van der Waals surface area contributed by atoms with Crippen LogP contribution in [0.5, 0.6) is 5.75 Å². The highest BCUT2D eigenvalue weighted by atomic mass is 16.5. The van der Waals surface area contributed by atoms with Gasteiger partial charge in [-0.2, -0.15) is 0 Å². The predicted octanol–water partition coefficient (Wildman–Crippen LogP) is 1.29. The van der Waals surface area contributed by atoms with Gasteiger partial charge in [0.05, 0.1) is 32.1 Å². The lowest BCUT2D eigenvalue weighted by atomic mass is 10.1. The van der Waals surface area contributed by atoms with Gasteiger partial charge in [-0.3, -0.25) is 9.48 Å². The van der Waals surface area contributed by atoms with Gasteiger partial charge in [0.1, 0.15) is 11.4 Å². The smallest absolute Gasteiger partial charge is 0.251 e. The molecule has 1 amide bonds. The number of anilines is 1. The Kier molecular flexibility index (Phi) is 5.49. The number of ether oxygens (including phenoxy) is 2. The minimum absolute atomic E-state index is 0.149. The van der Waals surface area contributed by atoms with Crippen molar-refractivity contribution in [1.82, 2.24) is 20.3 Å². The van der Waals surface area contributed by atoms with Crippen molar-refractivity contribution in [3.8, 4) is 5.75 Å². The monoisotopic (exact) mass is 345 g/mol. The number of hydrogen-bond donors (Lipinski definition) is 2. The lowest BCUT2D eigenvalue weighted by molar-refractivity contribution is 0.0963. The molecule has 8 heteroatoms. The van der Waals surface area contributed by atoms with Crippen molar-refractivity contribution < 1.29 is 14.3 Å². The number of nitrogens with zero attached hydrogens (tertiary/aromatic N) is 3. The van der Waals surface area contributed by atoms with Crippen molar-refractivity contribution >= 4 is 11.6 Å². The summed E-state index contributed by atoms with van der Waals surface area (Å²) in [6.07, 6.45) is 3.01. The zero-order valence-corrected chi connectivity index (χ0v) is 14.5. The first-order valence-electron chi connectivity index (χ1n) is 8.30. The molecule has 2 N–H and O–H groups in total. The second-order valence-electron chi connectivity index (χ2n) is 6.01. The zero-order valence-electron chi connectivity index (χ0n) is 14.5. The van der Waals surface area contributed by atoms with E-state index in [1.165, 1.54) is 0 Å². The average Bonchev–Trinajstić information content (AvgIpc) is 3.31. The van der Waals surface area contributed by atoms with Crippen LogP contribution in [0.3, 0.4) is 0 Å². The average molecular weight is 345 g/mol. The lowest BCUT2D eigenvalue weighted by Crippen LogP contribution is -2.17. The molecule has 1 aromatic heterocycles. The Morgan fingerprint density at radius 2 is 2.36 bits per heavy atom. The summed E-state index contributed by atoms with van der Waals surface area (Å²) < 4.78 is 12.6. The summed E-state index contributed by atoms with van der Waals surface area (Å²) in [4.78, 5) is 11.7. The number of amides is 1. The molecule has 1 unspecified atom stereocenters. The third kappa shape index (κ3) is 4.27. The van der Waals surface area contributed by atoms with Gasteiger partial charge in [-0.1, -0.05) is 5.21 Å². The van der Waals surface area contributed by atoms with E-state index in [0.29, 0.717) is 23.8 Å². The highest BCUT2D eigenvalue weighted by Gasteiger charge is 2.17. The molecule has 0 aliphatic carbocycles. The minimum atomic E-state index is -0.149. The van der Waals surface area contributed by atoms with E-state index in [0.717, 1.165) is 37.6 Å². The molecule has 0 spiro atoms. The third-order valence-electron chi connectivity index (χ3n) is 4.21. The molecule has 1 fully saturated rings. The molecule has 3 rings (SSSR count). The third-order valence-corrected chi connectivity index (χ3v) is 4.21. The van der Waals surface area contributed by atoms with Gasteiger partial charge in [-0.25, -0.2) is 0 Å². The molecule has 1 aliphatic rings. The summed E-state index contributed by atoms with van der Waals surface area (Å²) in [6.45, 7) is 2.98. The number of methoxy groups -OCH3 is 1. The maximum absolute atomic E-state index is 11.7. The Bertz CT molecular complexity index is 725. The first kappa shape index (κ1) is 17.2. The summed E-state index contributed by atoms with van der Waals surface area (Å²) in [5.74, 6) is 0.972. The van der Waals surface area contributed by atoms with Gasteiger partial charge in [0.2, 0.25) is 0 Å². The molecule has 2 aromatic rings. The van der Waals surface area contributed by atoms with Gasteiger partial charge in [-0.05, 0) is 24.6 Å². The summed E-state index contributed by atoms with van der Waals surface area (Å²) in [7, 11) is 3.18. The Balaban J connectivity index is 1.61. The Hall–Kier alpha value is -2.61. The number of aromatic nitrogens is 3. The minimum Gasteiger partial charge on any atom is -0.495 e. The van der Waals surface area contributed by atoms with Crippen molar-refractivity contribution in [3.63, 3.8) is 0 Å². The number of hydrogen-bond acceptors (Lipinski definition) is 6. The molecule has 1 aliphatic heterocycles. The Morgan fingerprint density at radius 3 is 3.08 bits per heavy atom.